The van der Waals surface area contributed by atoms with E-state index >= 15 is 0 Å². The number of rotatable bonds is 13. The number of nitrogens with zero attached hydrogens (tertiary/aromatic N) is 1. The molecular weight excluding hydrogens is 248 g/mol. The molecule has 0 aliphatic heterocycles. The molecule has 0 rings (SSSR count). The molecule has 0 saturated heterocycles. The first-order valence-corrected chi connectivity index (χ1v) is 8.47. The lowest BCUT2D eigenvalue weighted by Gasteiger charge is -2.02. The van der Waals surface area contributed by atoms with E-state index in [1.165, 1.54) is 44.9 Å². The molecule has 0 aliphatic rings. The third kappa shape index (κ3) is 15.2. The van der Waals surface area contributed by atoms with E-state index in [2.05, 4.69) is 31.3 Å². The number of carbonyl (C=O) groups is 1. The minimum atomic E-state index is 0.0490. The molecule has 0 fully saturated rings. The van der Waals surface area contributed by atoms with Gasteiger partial charge in [-0.05, 0) is 18.8 Å². The van der Waals surface area contributed by atoms with Crippen molar-refractivity contribution in [2.75, 3.05) is 0 Å². The molecule has 3 nitrogen and oxygen atoms in total. The van der Waals surface area contributed by atoms with E-state index in [1.54, 1.807) is 6.21 Å². The standard InChI is InChI=1S/C17H34N2O/c1-4-5-6-7-8-9-10-11-12-13-17(20)19-18-15-14-16(2)3/h15-16H,4-14H2,1-3H3,(H,19,20)/b18-15+. The van der Waals surface area contributed by atoms with Gasteiger partial charge in [0.25, 0.3) is 0 Å². The second-order valence-electron chi connectivity index (χ2n) is 6.05. The van der Waals surface area contributed by atoms with Crippen LogP contribution in [0, 0.1) is 5.92 Å². The maximum absolute atomic E-state index is 11.5. The van der Waals surface area contributed by atoms with E-state index in [-0.39, 0.29) is 5.91 Å². The van der Waals surface area contributed by atoms with Crippen molar-refractivity contribution >= 4 is 12.1 Å². The molecule has 1 amide bonds. The zero-order chi connectivity index (χ0) is 15.1. The molecular formula is C17H34N2O. The quantitative estimate of drug-likeness (QED) is 0.286. The predicted molar refractivity (Wildman–Crippen MR) is 87.9 cm³/mol. The van der Waals surface area contributed by atoms with Gasteiger partial charge in [-0.25, -0.2) is 5.43 Å². The summed E-state index contributed by atoms with van der Waals surface area (Å²) in [5, 5.41) is 3.94. The van der Waals surface area contributed by atoms with Crippen LogP contribution in [0.3, 0.4) is 0 Å². The second-order valence-corrected chi connectivity index (χ2v) is 6.05. The molecule has 1 N–H and O–H groups in total. The molecule has 0 unspecified atom stereocenters. The first-order chi connectivity index (χ1) is 9.66. The number of hydrazone groups is 1. The Hall–Kier alpha value is -0.860. The maximum Gasteiger partial charge on any atom is 0.240 e. The molecule has 0 saturated carbocycles. The van der Waals surface area contributed by atoms with Crippen molar-refractivity contribution in [3.63, 3.8) is 0 Å². The molecule has 0 atom stereocenters. The van der Waals surface area contributed by atoms with Gasteiger partial charge >= 0.3 is 0 Å². The summed E-state index contributed by atoms with van der Waals surface area (Å²) in [6.07, 6.45) is 14.8. The van der Waals surface area contributed by atoms with Crippen molar-refractivity contribution in [2.45, 2.75) is 91.4 Å². The monoisotopic (exact) mass is 282 g/mol. The second kappa shape index (κ2) is 14.5. The van der Waals surface area contributed by atoms with Gasteiger partial charge in [0.05, 0.1) is 0 Å². The van der Waals surface area contributed by atoms with Crippen LogP contribution in [-0.4, -0.2) is 12.1 Å². The van der Waals surface area contributed by atoms with Gasteiger partial charge in [0.2, 0.25) is 5.91 Å². The summed E-state index contributed by atoms with van der Waals surface area (Å²) in [4.78, 5) is 11.5. The predicted octanol–water partition coefficient (Wildman–Crippen LogP) is 5.06. The highest BCUT2D eigenvalue weighted by Gasteiger charge is 1.99. The molecule has 20 heavy (non-hydrogen) atoms. The number of nitrogens with one attached hydrogen (secondary N) is 1. The minimum Gasteiger partial charge on any atom is -0.273 e. The minimum absolute atomic E-state index is 0.0490. The molecule has 0 heterocycles. The van der Waals surface area contributed by atoms with Crippen LogP contribution in [0.4, 0.5) is 0 Å². The molecule has 0 aromatic heterocycles. The molecule has 0 aliphatic carbocycles. The fourth-order valence-electron chi connectivity index (χ4n) is 2.03. The van der Waals surface area contributed by atoms with Gasteiger partial charge in [-0.3, -0.25) is 4.79 Å². The molecule has 0 bridgehead atoms. The lowest BCUT2D eigenvalue weighted by Crippen LogP contribution is -2.16. The molecule has 118 valence electrons. The average molecular weight is 282 g/mol. The number of amides is 1. The van der Waals surface area contributed by atoms with Crippen LogP contribution in [-0.2, 0) is 4.79 Å². The Bertz CT molecular complexity index is 249. The van der Waals surface area contributed by atoms with Crippen LogP contribution in [0.15, 0.2) is 5.10 Å². The average Bonchev–Trinajstić information content (AvgIpc) is 2.41. The van der Waals surface area contributed by atoms with E-state index in [4.69, 9.17) is 0 Å². The summed E-state index contributed by atoms with van der Waals surface area (Å²) < 4.78 is 0. The van der Waals surface area contributed by atoms with Gasteiger partial charge in [0.15, 0.2) is 0 Å². The van der Waals surface area contributed by atoms with E-state index < -0.39 is 0 Å². The van der Waals surface area contributed by atoms with E-state index in [0.29, 0.717) is 12.3 Å². The van der Waals surface area contributed by atoms with E-state index in [9.17, 15) is 4.79 Å². The summed E-state index contributed by atoms with van der Waals surface area (Å²) in [5.74, 6) is 0.640. The number of carbonyl (C=O) groups excluding carboxylic acids is 1. The van der Waals surface area contributed by atoms with Gasteiger partial charge in [-0.15, -0.1) is 0 Å². The van der Waals surface area contributed by atoms with E-state index in [0.717, 1.165) is 19.3 Å². The van der Waals surface area contributed by atoms with Crippen LogP contribution >= 0.6 is 0 Å². The van der Waals surface area contributed by atoms with Crippen LogP contribution in [0.2, 0.25) is 0 Å². The van der Waals surface area contributed by atoms with Crippen molar-refractivity contribution in [2.24, 2.45) is 11.0 Å². The first-order valence-electron chi connectivity index (χ1n) is 8.47. The topological polar surface area (TPSA) is 41.5 Å². The van der Waals surface area contributed by atoms with Crippen molar-refractivity contribution in [3.05, 3.63) is 0 Å². The third-order valence-corrected chi connectivity index (χ3v) is 3.36. The van der Waals surface area contributed by atoms with Crippen LogP contribution in [0.1, 0.15) is 91.4 Å². The number of unbranched alkanes of at least 4 members (excludes halogenated alkanes) is 8. The number of hydrogen-bond donors (Lipinski definition) is 1. The van der Waals surface area contributed by atoms with Crippen LogP contribution in [0.5, 0.6) is 0 Å². The summed E-state index contributed by atoms with van der Waals surface area (Å²) in [6.45, 7) is 6.52. The van der Waals surface area contributed by atoms with Crippen molar-refractivity contribution in [1.82, 2.24) is 5.43 Å². The Morgan fingerprint density at radius 1 is 1.00 bits per heavy atom. The fraction of sp³-hybridized carbons (Fsp3) is 0.882. The Labute approximate surface area is 125 Å². The highest BCUT2D eigenvalue weighted by molar-refractivity contribution is 5.76. The summed E-state index contributed by atoms with van der Waals surface area (Å²) in [5.41, 5.74) is 2.59. The zero-order valence-corrected chi connectivity index (χ0v) is 13.8. The highest BCUT2D eigenvalue weighted by Crippen LogP contribution is 2.10. The first kappa shape index (κ1) is 19.1. The summed E-state index contributed by atoms with van der Waals surface area (Å²) >= 11 is 0. The SMILES string of the molecule is CCCCCCCCCCCC(=O)N/N=C/CC(C)C. The third-order valence-electron chi connectivity index (χ3n) is 3.36. The summed E-state index contributed by atoms with van der Waals surface area (Å²) in [6, 6.07) is 0. The van der Waals surface area contributed by atoms with Gasteiger partial charge in [-0.2, -0.15) is 5.10 Å². The largest absolute Gasteiger partial charge is 0.273 e. The molecule has 3 heteroatoms. The lowest BCUT2D eigenvalue weighted by molar-refractivity contribution is -0.121. The van der Waals surface area contributed by atoms with E-state index in [1.807, 2.05) is 0 Å². The Morgan fingerprint density at radius 3 is 2.10 bits per heavy atom. The Morgan fingerprint density at radius 2 is 1.55 bits per heavy atom. The fourth-order valence-corrected chi connectivity index (χ4v) is 2.03. The Balaban J connectivity index is 3.25. The van der Waals surface area contributed by atoms with Crippen LogP contribution in [0.25, 0.3) is 0 Å². The smallest absolute Gasteiger partial charge is 0.240 e. The lowest BCUT2D eigenvalue weighted by atomic mass is 10.1. The molecule has 0 aromatic carbocycles. The van der Waals surface area contributed by atoms with Crippen molar-refractivity contribution in [1.29, 1.82) is 0 Å². The van der Waals surface area contributed by atoms with Gasteiger partial charge < -0.3 is 0 Å². The van der Waals surface area contributed by atoms with Crippen LogP contribution < -0.4 is 5.43 Å². The highest BCUT2D eigenvalue weighted by atomic mass is 16.2. The Kier molecular flexibility index (Phi) is 13.9. The van der Waals surface area contributed by atoms with Crippen molar-refractivity contribution < 1.29 is 4.79 Å². The molecule has 0 spiro atoms. The van der Waals surface area contributed by atoms with Crippen molar-refractivity contribution in [3.8, 4) is 0 Å². The van der Waals surface area contributed by atoms with Gasteiger partial charge in [0, 0.05) is 12.6 Å². The van der Waals surface area contributed by atoms with Gasteiger partial charge in [-0.1, -0.05) is 72.1 Å². The summed E-state index contributed by atoms with van der Waals surface area (Å²) in [7, 11) is 0. The zero-order valence-electron chi connectivity index (χ0n) is 13.8. The normalized spacial score (nSPS) is 11.4. The molecule has 0 aromatic rings. The van der Waals surface area contributed by atoms with Gasteiger partial charge in [0.1, 0.15) is 0 Å². The number of hydrogen-bond acceptors (Lipinski definition) is 2. The maximum atomic E-state index is 11.5. The molecule has 0 radical (unpaired) electrons.